The van der Waals surface area contributed by atoms with Gasteiger partial charge in [0.05, 0.1) is 11.5 Å². The number of aryl methyl sites for hydroxylation is 2. The summed E-state index contributed by atoms with van der Waals surface area (Å²) in [4.78, 5) is 14.3. The predicted molar refractivity (Wildman–Crippen MR) is 110 cm³/mol. The van der Waals surface area contributed by atoms with Crippen LogP contribution < -0.4 is 5.32 Å². The van der Waals surface area contributed by atoms with Crippen LogP contribution in [0.3, 0.4) is 0 Å². The first kappa shape index (κ1) is 20.9. The van der Waals surface area contributed by atoms with E-state index in [-0.39, 0.29) is 11.8 Å². The Kier molecular flexibility index (Phi) is 6.14. The molecule has 1 amide bonds. The fourth-order valence-corrected chi connectivity index (χ4v) is 3.84. The molecule has 0 atom stereocenters. The number of carbonyl (C=O) groups is 1. The van der Waals surface area contributed by atoms with Gasteiger partial charge in [-0.25, -0.2) is 0 Å². The number of halogens is 3. The third kappa shape index (κ3) is 5.63. The summed E-state index contributed by atoms with van der Waals surface area (Å²) in [6, 6.07) is 13.8. The Labute approximate surface area is 175 Å². The van der Waals surface area contributed by atoms with E-state index >= 15 is 0 Å². The van der Waals surface area contributed by atoms with Crippen molar-refractivity contribution >= 4 is 5.91 Å². The number of carbonyl (C=O) groups excluding carboxylic acids is 1. The van der Waals surface area contributed by atoms with E-state index in [1.807, 2.05) is 12.1 Å². The number of nitrogens with zero attached hydrogens (tertiary/aromatic N) is 1. The first-order chi connectivity index (χ1) is 14.4. The van der Waals surface area contributed by atoms with E-state index in [1.165, 1.54) is 30.5 Å². The molecule has 0 unspecified atom stereocenters. The van der Waals surface area contributed by atoms with Crippen molar-refractivity contribution in [2.45, 2.75) is 38.4 Å². The molecule has 6 heteroatoms. The van der Waals surface area contributed by atoms with Gasteiger partial charge in [0.1, 0.15) is 0 Å². The molecule has 1 aliphatic carbocycles. The maximum absolute atomic E-state index is 12.8. The highest BCUT2D eigenvalue weighted by Gasteiger charge is 2.33. The van der Waals surface area contributed by atoms with Crippen molar-refractivity contribution in [1.29, 1.82) is 0 Å². The number of rotatable bonds is 8. The zero-order chi connectivity index (χ0) is 21.1. The normalized spacial score (nSPS) is 17.6. The summed E-state index contributed by atoms with van der Waals surface area (Å²) in [5.41, 5.74) is 2.40. The quantitative estimate of drug-likeness (QED) is 0.690. The van der Waals surface area contributed by atoms with Gasteiger partial charge in [-0.05, 0) is 54.4 Å². The Hall–Kier alpha value is -2.34. The lowest BCUT2D eigenvalue weighted by molar-refractivity contribution is -0.137. The third-order valence-corrected chi connectivity index (χ3v) is 5.98. The Balaban J connectivity index is 1.21. The molecule has 1 saturated carbocycles. The van der Waals surface area contributed by atoms with E-state index < -0.39 is 11.7 Å². The molecule has 3 nitrogen and oxygen atoms in total. The van der Waals surface area contributed by atoms with Crippen LogP contribution in [-0.4, -0.2) is 30.4 Å². The molecule has 1 saturated heterocycles. The van der Waals surface area contributed by atoms with Gasteiger partial charge in [0, 0.05) is 26.2 Å². The zero-order valence-corrected chi connectivity index (χ0v) is 16.9. The van der Waals surface area contributed by atoms with Crippen molar-refractivity contribution in [2.75, 3.05) is 19.6 Å². The predicted octanol–water partition coefficient (Wildman–Crippen LogP) is 4.45. The van der Waals surface area contributed by atoms with Gasteiger partial charge in [-0.1, -0.05) is 42.5 Å². The average molecular weight is 416 g/mol. The van der Waals surface area contributed by atoms with Crippen molar-refractivity contribution in [3.05, 3.63) is 70.8 Å². The standard InChI is InChI=1S/C24H27F3N2O/c25-24(26,27)22-3-1-2-18(12-22)7-4-17-5-10-20(11-6-17)14-29-15-21(16-29)23(30)28-13-19-8-9-19/h1-3,5-6,10-12,19,21H,4,7-9,13-16H2,(H,28,30). The second kappa shape index (κ2) is 8.80. The van der Waals surface area contributed by atoms with Crippen molar-refractivity contribution in [2.24, 2.45) is 11.8 Å². The number of alkyl halides is 3. The minimum absolute atomic E-state index is 0.107. The van der Waals surface area contributed by atoms with Gasteiger partial charge in [-0.2, -0.15) is 13.2 Å². The van der Waals surface area contributed by atoms with Crippen LogP contribution in [0.25, 0.3) is 0 Å². The molecular formula is C24H27F3N2O. The minimum atomic E-state index is -4.30. The minimum Gasteiger partial charge on any atom is -0.356 e. The van der Waals surface area contributed by atoms with Gasteiger partial charge < -0.3 is 5.32 Å². The van der Waals surface area contributed by atoms with E-state index in [4.69, 9.17) is 0 Å². The molecule has 2 fully saturated rings. The summed E-state index contributed by atoms with van der Waals surface area (Å²) in [7, 11) is 0. The average Bonchev–Trinajstić information content (AvgIpc) is 3.52. The fraction of sp³-hybridized carbons (Fsp3) is 0.458. The maximum atomic E-state index is 12.8. The van der Waals surface area contributed by atoms with E-state index in [1.54, 1.807) is 6.07 Å². The molecule has 2 aromatic rings. The molecule has 0 spiro atoms. The molecule has 2 aliphatic rings. The van der Waals surface area contributed by atoms with Crippen LogP contribution in [0.4, 0.5) is 13.2 Å². The summed E-state index contributed by atoms with van der Waals surface area (Å²) in [5.74, 6) is 0.996. The number of hydrogen-bond donors (Lipinski definition) is 1. The van der Waals surface area contributed by atoms with Gasteiger partial charge >= 0.3 is 6.18 Å². The number of benzene rings is 2. The third-order valence-electron chi connectivity index (χ3n) is 5.98. The number of likely N-dealkylation sites (tertiary alicyclic amines) is 1. The van der Waals surface area contributed by atoms with E-state index in [2.05, 4.69) is 22.3 Å². The Bertz CT molecular complexity index is 869. The lowest BCUT2D eigenvalue weighted by Gasteiger charge is -2.38. The van der Waals surface area contributed by atoms with E-state index in [0.717, 1.165) is 37.8 Å². The molecule has 1 N–H and O–H groups in total. The highest BCUT2D eigenvalue weighted by molar-refractivity contribution is 5.80. The van der Waals surface area contributed by atoms with Crippen molar-refractivity contribution in [3.8, 4) is 0 Å². The van der Waals surface area contributed by atoms with E-state index in [0.29, 0.717) is 24.3 Å². The summed E-state index contributed by atoms with van der Waals surface area (Å²) in [5, 5.41) is 3.05. The molecule has 30 heavy (non-hydrogen) atoms. The highest BCUT2D eigenvalue weighted by Crippen LogP contribution is 2.30. The zero-order valence-electron chi connectivity index (χ0n) is 16.9. The van der Waals surface area contributed by atoms with Crippen LogP contribution in [0.15, 0.2) is 48.5 Å². The molecule has 160 valence electrons. The molecule has 0 bridgehead atoms. The Morgan fingerprint density at radius 2 is 1.63 bits per heavy atom. The van der Waals surface area contributed by atoms with Crippen molar-refractivity contribution in [3.63, 3.8) is 0 Å². The lowest BCUT2D eigenvalue weighted by Crippen LogP contribution is -2.53. The number of hydrogen-bond acceptors (Lipinski definition) is 2. The molecule has 4 rings (SSSR count). The van der Waals surface area contributed by atoms with Crippen LogP contribution in [0, 0.1) is 11.8 Å². The summed E-state index contributed by atoms with van der Waals surface area (Å²) < 4.78 is 38.5. The topological polar surface area (TPSA) is 32.3 Å². The maximum Gasteiger partial charge on any atom is 0.416 e. The first-order valence-electron chi connectivity index (χ1n) is 10.6. The smallest absolute Gasteiger partial charge is 0.356 e. The summed E-state index contributed by atoms with van der Waals surface area (Å²) >= 11 is 0. The van der Waals surface area contributed by atoms with Crippen LogP contribution in [0.5, 0.6) is 0 Å². The summed E-state index contributed by atoms with van der Waals surface area (Å²) in [6.07, 6.45) is -0.535. The summed E-state index contributed by atoms with van der Waals surface area (Å²) in [6.45, 7) is 3.25. The van der Waals surface area contributed by atoms with Gasteiger partial charge in [0.2, 0.25) is 5.91 Å². The van der Waals surface area contributed by atoms with Crippen LogP contribution in [0.1, 0.15) is 35.1 Å². The molecule has 0 aromatic heterocycles. The monoisotopic (exact) mass is 416 g/mol. The Morgan fingerprint density at radius 1 is 0.967 bits per heavy atom. The molecule has 2 aromatic carbocycles. The van der Waals surface area contributed by atoms with Crippen LogP contribution >= 0.6 is 0 Å². The SMILES string of the molecule is O=C(NCC1CC1)C1CN(Cc2ccc(CCc3cccc(C(F)(F)F)c3)cc2)C1. The lowest BCUT2D eigenvalue weighted by atomic mass is 9.97. The van der Waals surface area contributed by atoms with Gasteiger partial charge in [0.15, 0.2) is 0 Å². The fourth-order valence-electron chi connectivity index (χ4n) is 3.84. The molecule has 1 aliphatic heterocycles. The Morgan fingerprint density at radius 3 is 2.30 bits per heavy atom. The molecule has 0 radical (unpaired) electrons. The van der Waals surface area contributed by atoms with Crippen LogP contribution in [0.2, 0.25) is 0 Å². The van der Waals surface area contributed by atoms with Gasteiger partial charge in [-0.3, -0.25) is 9.69 Å². The highest BCUT2D eigenvalue weighted by atomic mass is 19.4. The van der Waals surface area contributed by atoms with Gasteiger partial charge in [-0.15, -0.1) is 0 Å². The number of amides is 1. The second-order valence-corrected chi connectivity index (χ2v) is 8.59. The second-order valence-electron chi connectivity index (χ2n) is 8.59. The first-order valence-corrected chi connectivity index (χ1v) is 10.6. The largest absolute Gasteiger partial charge is 0.416 e. The van der Waals surface area contributed by atoms with Crippen molar-refractivity contribution in [1.82, 2.24) is 10.2 Å². The molecular weight excluding hydrogens is 389 g/mol. The molecule has 1 heterocycles. The number of nitrogens with one attached hydrogen (secondary N) is 1. The van der Waals surface area contributed by atoms with E-state index in [9.17, 15) is 18.0 Å². The van der Waals surface area contributed by atoms with Gasteiger partial charge in [0.25, 0.3) is 0 Å². The van der Waals surface area contributed by atoms with Crippen LogP contribution in [-0.2, 0) is 30.4 Å². The van der Waals surface area contributed by atoms with Crippen molar-refractivity contribution < 1.29 is 18.0 Å².